The maximum atomic E-state index is 12.9. The number of benzene rings is 1. The number of amides is 1. The van der Waals surface area contributed by atoms with Crippen LogP contribution in [0.4, 0.5) is 15.8 Å². The van der Waals surface area contributed by atoms with E-state index in [2.05, 4.69) is 10.2 Å². The Labute approximate surface area is 124 Å². The first kappa shape index (κ1) is 17.4. The summed E-state index contributed by atoms with van der Waals surface area (Å²) in [5, 5.41) is 11.9. The highest BCUT2D eigenvalue weighted by atomic mass is 19.1. The minimum atomic E-state index is -0.426. The van der Waals surface area contributed by atoms with Gasteiger partial charge in [-0.15, -0.1) is 0 Å². The maximum absolute atomic E-state index is 12.9. The molecule has 0 aromatic heterocycles. The summed E-state index contributed by atoms with van der Waals surface area (Å²) in [7, 11) is 1.96. The summed E-state index contributed by atoms with van der Waals surface area (Å²) in [5.41, 5.74) is 6.28. The highest BCUT2D eigenvalue weighted by Crippen LogP contribution is 2.19. The van der Waals surface area contributed by atoms with Crippen LogP contribution in [0.1, 0.15) is 26.2 Å². The fourth-order valence-corrected chi connectivity index (χ4v) is 1.89. The molecule has 1 aromatic rings. The molecule has 0 aliphatic carbocycles. The van der Waals surface area contributed by atoms with E-state index in [1.54, 1.807) is 6.92 Å². The first-order chi connectivity index (χ1) is 9.88. The molecule has 0 spiro atoms. The lowest BCUT2D eigenvalue weighted by Crippen LogP contribution is -2.24. The van der Waals surface area contributed by atoms with Crippen molar-refractivity contribution in [2.45, 2.75) is 32.3 Å². The Bertz CT molecular complexity index is 466. The van der Waals surface area contributed by atoms with E-state index in [1.807, 2.05) is 7.05 Å². The molecular formula is C15H24FN3O2. The van der Waals surface area contributed by atoms with Crippen molar-refractivity contribution in [3.8, 4) is 0 Å². The molecule has 0 fully saturated rings. The predicted octanol–water partition coefficient (Wildman–Crippen LogP) is 1.83. The van der Waals surface area contributed by atoms with Gasteiger partial charge in [0.2, 0.25) is 5.91 Å². The minimum Gasteiger partial charge on any atom is -0.397 e. The molecule has 0 radical (unpaired) electrons. The Hall–Kier alpha value is -1.66. The average Bonchev–Trinajstić information content (AvgIpc) is 2.39. The standard InChI is InChI=1S/C15H24FN3O2/c1-11(20)7-9-19(2)8-3-4-15(21)18-14-6-5-12(16)10-13(14)17/h5-6,10-11,20H,3-4,7-9,17H2,1-2H3,(H,18,21). The molecule has 118 valence electrons. The van der Waals surface area contributed by atoms with Crippen LogP contribution in [0.25, 0.3) is 0 Å². The highest BCUT2D eigenvalue weighted by molar-refractivity contribution is 5.93. The number of hydrogen-bond acceptors (Lipinski definition) is 4. The topological polar surface area (TPSA) is 78.6 Å². The fraction of sp³-hybridized carbons (Fsp3) is 0.533. The van der Waals surface area contributed by atoms with Crippen LogP contribution in [0.15, 0.2) is 18.2 Å². The van der Waals surface area contributed by atoms with Crippen molar-refractivity contribution in [3.05, 3.63) is 24.0 Å². The maximum Gasteiger partial charge on any atom is 0.224 e. The quantitative estimate of drug-likeness (QED) is 0.640. The van der Waals surface area contributed by atoms with Crippen molar-refractivity contribution in [1.82, 2.24) is 4.90 Å². The highest BCUT2D eigenvalue weighted by Gasteiger charge is 2.07. The first-order valence-electron chi connectivity index (χ1n) is 7.10. The van der Waals surface area contributed by atoms with E-state index in [1.165, 1.54) is 18.2 Å². The van der Waals surface area contributed by atoms with Crippen LogP contribution < -0.4 is 11.1 Å². The third kappa shape index (κ3) is 7.06. The van der Waals surface area contributed by atoms with Gasteiger partial charge >= 0.3 is 0 Å². The SMILES string of the molecule is CC(O)CCN(C)CCCC(=O)Nc1ccc(F)cc1N. The van der Waals surface area contributed by atoms with Crippen LogP contribution in [0.5, 0.6) is 0 Å². The van der Waals surface area contributed by atoms with Crippen molar-refractivity contribution < 1.29 is 14.3 Å². The van der Waals surface area contributed by atoms with E-state index in [-0.39, 0.29) is 17.7 Å². The molecule has 0 aliphatic heterocycles. The number of anilines is 2. The largest absolute Gasteiger partial charge is 0.397 e. The number of nitrogens with zero attached hydrogens (tertiary/aromatic N) is 1. The van der Waals surface area contributed by atoms with Gasteiger partial charge in [-0.1, -0.05) is 0 Å². The number of aliphatic hydroxyl groups is 1. The molecule has 0 saturated carbocycles. The zero-order chi connectivity index (χ0) is 15.8. The van der Waals surface area contributed by atoms with Crippen molar-refractivity contribution in [1.29, 1.82) is 0 Å². The molecule has 1 atom stereocenters. The zero-order valence-electron chi connectivity index (χ0n) is 12.6. The van der Waals surface area contributed by atoms with Gasteiger partial charge in [-0.2, -0.15) is 0 Å². The Morgan fingerprint density at radius 2 is 2.19 bits per heavy atom. The Balaban J connectivity index is 2.28. The van der Waals surface area contributed by atoms with E-state index >= 15 is 0 Å². The number of rotatable bonds is 8. The lowest BCUT2D eigenvalue weighted by Gasteiger charge is -2.17. The molecule has 0 saturated heterocycles. The number of hydrogen-bond donors (Lipinski definition) is 3. The number of nitrogens with two attached hydrogens (primary N) is 1. The lowest BCUT2D eigenvalue weighted by molar-refractivity contribution is -0.116. The van der Waals surface area contributed by atoms with Gasteiger partial charge in [-0.3, -0.25) is 4.79 Å². The van der Waals surface area contributed by atoms with Crippen LogP contribution in [0.3, 0.4) is 0 Å². The summed E-state index contributed by atoms with van der Waals surface area (Å²) in [6.45, 7) is 3.33. The van der Waals surface area contributed by atoms with Gasteiger partial charge in [-0.25, -0.2) is 4.39 Å². The van der Waals surface area contributed by atoms with Gasteiger partial charge in [-0.05, 0) is 51.6 Å². The van der Waals surface area contributed by atoms with Crippen molar-refractivity contribution in [2.75, 3.05) is 31.2 Å². The fourth-order valence-electron chi connectivity index (χ4n) is 1.89. The van der Waals surface area contributed by atoms with E-state index < -0.39 is 5.82 Å². The molecule has 5 nitrogen and oxygen atoms in total. The summed E-state index contributed by atoms with van der Waals surface area (Å²) < 4.78 is 12.9. The molecule has 21 heavy (non-hydrogen) atoms. The van der Waals surface area contributed by atoms with Gasteiger partial charge in [0, 0.05) is 13.0 Å². The zero-order valence-corrected chi connectivity index (χ0v) is 12.6. The van der Waals surface area contributed by atoms with Crippen LogP contribution in [0.2, 0.25) is 0 Å². The van der Waals surface area contributed by atoms with Gasteiger partial charge in [0.15, 0.2) is 0 Å². The molecule has 1 amide bonds. The van der Waals surface area contributed by atoms with E-state index in [4.69, 9.17) is 5.73 Å². The number of carbonyl (C=O) groups is 1. The van der Waals surface area contributed by atoms with E-state index in [9.17, 15) is 14.3 Å². The Morgan fingerprint density at radius 3 is 2.81 bits per heavy atom. The van der Waals surface area contributed by atoms with Crippen molar-refractivity contribution in [3.63, 3.8) is 0 Å². The van der Waals surface area contributed by atoms with Crippen LogP contribution in [-0.4, -0.2) is 42.2 Å². The van der Waals surface area contributed by atoms with E-state index in [0.717, 1.165) is 19.5 Å². The summed E-state index contributed by atoms with van der Waals surface area (Å²) in [6.07, 6.45) is 1.49. The third-order valence-corrected chi connectivity index (χ3v) is 3.16. The molecular weight excluding hydrogens is 273 g/mol. The number of halogens is 1. The summed E-state index contributed by atoms with van der Waals surface area (Å²) in [6, 6.07) is 3.90. The number of nitrogens with one attached hydrogen (secondary N) is 1. The second-order valence-corrected chi connectivity index (χ2v) is 5.32. The molecule has 1 rings (SSSR count). The van der Waals surface area contributed by atoms with E-state index in [0.29, 0.717) is 18.5 Å². The second-order valence-electron chi connectivity index (χ2n) is 5.32. The van der Waals surface area contributed by atoms with Crippen molar-refractivity contribution >= 4 is 17.3 Å². The lowest BCUT2D eigenvalue weighted by atomic mass is 10.2. The average molecular weight is 297 g/mol. The van der Waals surface area contributed by atoms with Crippen LogP contribution in [0, 0.1) is 5.82 Å². The van der Waals surface area contributed by atoms with Crippen molar-refractivity contribution in [2.24, 2.45) is 0 Å². The monoisotopic (exact) mass is 297 g/mol. The smallest absolute Gasteiger partial charge is 0.224 e. The second kappa shape index (κ2) is 8.59. The number of aliphatic hydroxyl groups excluding tert-OH is 1. The van der Waals surface area contributed by atoms with Gasteiger partial charge in [0.05, 0.1) is 17.5 Å². The Morgan fingerprint density at radius 1 is 1.48 bits per heavy atom. The first-order valence-corrected chi connectivity index (χ1v) is 7.10. The molecule has 0 aliphatic rings. The molecule has 4 N–H and O–H groups in total. The summed E-state index contributed by atoms with van der Waals surface area (Å²) in [4.78, 5) is 13.9. The van der Waals surface area contributed by atoms with Gasteiger partial charge in [0.1, 0.15) is 5.82 Å². The van der Waals surface area contributed by atoms with Gasteiger partial charge in [0.25, 0.3) is 0 Å². The molecule has 0 heterocycles. The van der Waals surface area contributed by atoms with Gasteiger partial charge < -0.3 is 21.1 Å². The van der Waals surface area contributed by atoms with Crippen LogP contribution in [-0.2, 0) is 4.79 Å². The predicted molar refractivity (Wildman–Crippen MR) is 82.5 cm³/mol. The normalized spacial score (nSPS) is 12.4. The summed E-state index contributed by atoms with van der Waals surface area (Å²) in [5.74, 6) is -0.567. The minimum absolute atomic E-state index is 0.141. The molecule has 1 unspecified atom stereocenters. The number of nitrogen functional groups attached to an aromatic ring is 1. The Kier molecular flexibility index (Phi) is 7.11. The number of carbonyl (C=O) groups excluding carboxylic acids is 1. The van der Waals surface area contributed by atoms with Crippen LogP contribution >= 0.6 is 0 Å². The molecule has 1 aromatic carbocycles. The molecule has 6 heteroatoms. The summed E-state index contributed by atoms with van der Waals surface area (Å²) >= 11 is 0. The third-order valence-electron chi connectivity index (χ3n) is 3.16. The molecule has 0 bridgehead atoms.